The average Bonchev–Trinajstić information content (AvgIpc) is 3.15. The molecule has 5 heteroatoms. The molecule has 0 bridgehead atoms. The second-order valence-corrected chi connectivity index (χ2v) is 6.18. The van der Waals surface area contributed by atoms with Crippen molar-refractivity contribution in [3.05, 3.63) is 35.9 Å². The first-order valence-corrected chi connectivity index (χ1v) is 9.16. The predicted octanol–water partition coefficient (Wildman–Crippen LogP) is 3.65. The lowest BCUT2D eigenvalue weighted by Crippen LogP contribution is -2.37. The maximum absolute atomic E-state index is 6.27. The molecule has 0 amide bonds. The number of allylic oxidation sites excluding steroid dienone is 1. The number of guanidine groups is 1. The Labute approximate surface area is 151 Å². The van der Waals surface area contributed by atoms with Crippen LogP contribution in [-0.4, -0.2) is 32.8 Å². The summed E-state index contributed by atoms with van der Waals surface area (Å²) in [5.41, 5.74) is 1.09. The van der Waals surface area contributed by atoms with Crippen LogP contribution in [0, 0.1) is 0 Å². The van der Waals surface area contributed by atoms with Crippen LogP contribution in [0.15, 0.2) is 35.3 Å². The fraction of sp³-hybridized carbons (Fsp3) is 0.550. The van der Waals surface area contributed by atoms with Crippen molar-refractivity contribution in [3.63, 3.8) is 0 Å². The second kappa shape index (κ2) is 10.6. The van der Waals surface area contributed by atoms with E-state index in [4.69, 9.17) is 9.47 Å². The second-order valence-electron chi connectivity index (χ2n) is 6.18. The Morgan fingerprint density at radius 1 is 1.28 bits per heavy atom. The van der Waals surface area contributed by atoms with E-state index in [-0.39, 0.29) is 0 Å². The van der Waals surface area contributed by atoms with Crippen molar-refractivity contribution in [1.82, 2.24) is 10.6 Å². The minimum atomic E-state index is 0.299. The zero-order valence-electron chi connectivity index (χ0n) is 15.7. The monoisotopic (exact) mass is 345 g/mol. The van der Waals surface area contributed by atoms with E-state index < -0.39 is 0 Å². The quantitative estimate of drug-likeness (QED) is 0.327. The summed E-state index contributed by atoms with van der Waals surface area (Å²) in [5, 5.41) is 6.67. The number of nitrogens with zero attached hydrogens (tertiary/aromatic N) is 1. The number of methoxy groups -OCH3 is 1. The molecule has 5 nitrogen and oxygen atoms in total. The number of hydrogen-bond donors (Lipinski definition) is 2. The van der Waals surface area contributed by atoms with Gasteiger partial charge in [0.15, 0.2) is 17.5 Å². The molecule has 0 unspecified atom stereocenters. The Balaban J connectivity index is 1.99. The van der Waals surface area contributed by atoms with Gasteiger partial charge in [0.25, 0.3) is 0 Å². The average molecular weight is 345 g/mol. The van der Waals surface area contributed by atoms with Crippen molar-refractivity contribution in [2.24, 2.45) is 4.99 Å². The van der Waals surface area contributed by atoms with Crippen molar-refractivity contribution in [2.75, 3.05) is 20.7 Å². The highest BCUT2D eigenvalue weighted by Gasteiger charge is 2.20. The van der Waals surface area contributed by atoms with Gasteiger partial charge in [-0.3, -0.25) is 4.99 Å². The molecular formula is C20H31N3O2. The van der Waals surface area contributed by atoms with Crippen LogP contribution in [0.1, 0.15) is 44.6 Å². The Morgan fingerprint density at radius 2 is 2.08 bits per heavy atom. The normalized spacial score (nSPS) is 15.6. The molecule has 0 aliphatic heterocycles. The Morgan fingerprint density at radius 3 is 2.76 bits per heavy atom. The smallest absolute Gasteiger partial charge is 0.191 e. The Hall–Kier alpha value is -2.17. The third kappa shape index (κ3) is 6.00. The number of para-hydroxylation sites is 1. The van der Waals surface area contributed by atoms with E-state index in [0.29, 0.717) is 12.6 Å². The molecule has 0 saturated heterocycles. The van der Waals surface area contributed by atoms with Gasteiger partial charge in [0, 0.05) is 25.7 Å². The highest BCUT2D eigenvalue weighted by Crippen LogP contribution is 2.34. The topological polar surface area (TPSA) is 54.9 Å². The summed E-state index contributed by atoms with van der Waals surface area (Å²) < 4.78 is 11.8. The lowest BCUT2D eigenvalue weighted by Gasteiger charge is -2.20. The van der Waals surface area contributed by atoms with Crippen LogP contribution in [0.3, 0.4) is 0 Å². The van der Waals surface area contributed by atoms with Gasteiger partial charge in [-0.15, -0.1) is 0 Å². The summed E-state index contributed by atoms with van der Waals surface area (Å²) in [6, 6.07) is 6.03. The van der Waals surface area contributed by atoms with E-state index in [0.717, 1.165) is 48.8 Å². The minimum absolute atomic E-state index is 0.299. The van der Waals surface area contributed by atoms with E-state index in [1.165, 1.54) is 12.8 Å². The molecule has 1 fully saturated rings. The van der Waals surface area contributed by atoms with E-state index in [9.17, 15) is 0 Å². The van der Waals surface area contributed by atoms with Gasteiger partial charge in [0.05, 0.1) is 13.2 Å². The van der Waals surface area contributed by atoms with E-state index in [2.05, 4.69) is 33.8 Å². The van der Waals surface area contributed by atoms with Crippen molar-refractivity contribution in [1.29, 1.82) is 0 Å². The van der Waals surface area contributed by atoms with Crippen LogP contribution in [0.5, 0.6) is 11.5 Å². The molecule has 1 aromatic rings. The summed E-state index contributed by atoms with van der Waals surface area (Å²) in [6.45, 7) is 3.53. The van der Waals surface area contributed by atoms with Crippen LogP contribution >= 0.6 is 0 Å². The molecule has 0 radical (unpaired) electrons. The van der Waals surface area contributed by atoms with Crippen molar-refractivity contribution >= 4 is 5.96 Å². The van der Waals surface area contributed by atoms with Crippen LogP contribution in [0.25, 0.3) is 0 Å². The zero-order valence-corrected chi connectivity index (χ0v) is 15.7. The highest BCUT2D eigenvalue weighted by atomic mass is 16.5. The van der Waals surface area contributed by atoms with Gasteiger partial charge in [-0.2, -0.15) is 0 Å². The lowest BCUT2D eigenvalue weighted by atomic mass is 10.1. The first kappa shape index (κ1) is 19.2. The molecule has 1 aromatic carbocycles. The van der Waals surface area contributed by atoms with Gasteiger partial charge in [0.1, 0.15) is 0 Å². The number of aliphatic imine (C=N–C) groups is 1. The van der Waals surface area contributed by atoms with Crippen LogP contribution in [0.4, 0.5) is 0 Å². The Bertz CT molecular complexity index is 578. The molecule has 0 atom stereocenters. The van der Waals surface area contributed by atoms with E-state index >= 15 is 0 Å². The van der Waals surface area contributed by atoms with Crippen molar-refractivity contribution < 1.29 is 9.47 Å². The minimum Gasteiger partial charge on any atom is -0.493 e. The lowest BCUT2D eigenvalue weighted by molar-refractivity contribution is 0.198. The molecule has 138 valence electrons. The number of ether oxygens (including phenoxy) is 2. The largest absolute Gasteiger partial charge is 0.493 e. The van der Waals surface area contributed by atoms with Gasteiger partial charge in [-0.25, -0.2) is 0 Å². The number of rotatable bonds is 8. The zero-order chi connectivity index (χ0) is 17.9. The molecule has 1 aliphatic carbocycles. The SMILES string of the molecule is C/C=C/CCNC(=NC)NCc1cccc(OC)c1OC1CCCC1. The van der Waals surface area contributed by atoms with Crippen molar-refractivity contribution in [2.45, 2.75) is 51.7 Å². The van der Waals surface area contributed by atoms with Crippen molar-refractivity contribution in [3.8, 4) is 11.5 Å². The summed E-state index contributed by atoms with van der Waals surface area (Å²) in [7, 11) is 3.47. The molecule has 2 N–H and O–H groups in total. The van der Waals surface area contributed by atoms with E-state index in [1.807, 2.05) is 19.1 Å². The van der Waals surface area contributed by atoms with Gasteiger partial charge >= 0.3 is 0 Å². The summed E-state index contributed by atoms with van der Waals surface area (Å²) >= 11 is 0. The van der Waals surface area contributed by atoms with Crippen LogP contribution < -0.4 is 20.1 Å². The van der Waals surface area contributed by atoms with Gasteiger partial charge < -0.3 is 20.1 Å². The maximum atomic E-state index is 6.27. The first-order valence-electron chi connectivity index (χ1n) is 9.16. The fourth-order valence-corrected chi connectivity index (χ4v) is 3.01. The Kier molecular flexibility index (Phi) is 8.16. The maximum Gasteiger partial charge on any atom is 0.191 e. The number of benzene rings is 1. The third-order valence-corrected chi connectivity index (χ3v) is 4.38. The summed E-state index contributed by atoms with van der Waals surface area (Å²) in [5.74, 6) is 2.44. The summed E-state index contributed by atoms with van der Waals surface area (Å²) in [6.07, 6.45) is 10.2. The summed E-state index contributed by atoms with van der Waals surface area (Å²) in [4.78, 5) is 4.27. The molecule has 0 heterocycles. The highest BCUT2D eigenvalue weighted by molar-refractivity contribution is 5.79. The van der Waals surface area contributed by atoms with Crippen LogP contribution in [0.2, 0.25) is 0 Å². The molecule has 1 saturated carbocycles. The first-order chi connectivity index (χ1) is 12.3. The number of nitrogens with one attached hydrogen (secondary N) is 2. The molecule has 1 aliphatic rings. The molecule has 0 aromatic heterocycles. The fourth-order valence-electron chi connectivity index (χ4n) is 3.01. The van der Waals surface area contributed by atoms with Crippen LogP contribution in [-0.2, 0) is 6.54 Å². The van der Waals surface area contributed by atoms with Gasteiger partial charge in [-0.1, -0.05) is 24.3 Å². The van der Waals surface area contributed by atoms with Gasteiger partial charge in [0.2, 0.25) is 0 Å². The standard InChI is InChI=1S/C20H31N3O2/c1-4-5-8-14-22-20(21-2)23-15-16-10-9-13-18(24-3)19(16)25-17-11-6-7-12-17/h4-5,9-10,13,17H,6-8,11-12,14-15H2,1-3H3,(H2,21,22,23)/b5-4+. The molecular weight excluding hydrogens is 314 g/mol. The molecule has 2 rings (SSSR count). The molecule has 0 spiro atoms. The van der Waals surface area contributed by atoms with E-state index in [1.54, 1.807) is 14.2 Å². The predicted molar refractivity (Wildman–Crippen MR) is 104 cm³/mol. The van der Waals surface area contributed by atoms with Gasteiger partial charge in [-0.05, 0) is 45.1 Å². The third-order valence-electron chi connectivity index (χ3n) is 4.38. The number of hydrogen-bond acceptors (Lipinski definition) is 3. The molecule has 25 heavy (non-hydrogen) atoms.